The van der Waals surface area contributed by atoms with Crippen LogP contribution in [-0.2, 0) is 15.7 Å². The first-order chi connectivity index (χ1) is 15.2. The number of carbonyl (C=O) groups is 1. The second-order valence-electron chi connectivity index (χ2n) is 6.08. The number of aliphatic carboxylic acids is 1. The number of methoxy groups -OCH3 is 3. The van der Waals surface area contributed by atoms with Crippen molar-refractivity contribution in [3.05, 3.63) is 72.8 Å². The van der Waals surface area contributed by atoms with Gasteiger partial charge in [0.05, 0.1) is 21.3 Å². The Bertz CT molecular complexity index is 947. The lowest BCUT2D eigenvalue weighted by Crippen LogP contribution is -2.37. The molecule has 0 N–H and O–H groups in total. The van der Waals surface area contributed by atoms with Crippen LogP contribution in [-0.4, -0.2) is 33.5 Å². The van der Waals surface area contributed by atoms with Crippen molar-refractivity contribution < 1.29 is 37.3 Å². The number of carboxylic acid groups (broad SMARTS) is 1. The highest BCUT2D eigenvalue weighted by molar-refractivity contribution is 7.97. The molecule has 0 atom stereocenters. The third-order valence-electron chi connectivity index (χ3n) is 4.06. The Morgan fingerprint density at radius 2 is 1.16 bits per heavy atom. The van der Waals surface area contributed by atoms with Gasteiger partial charge in [0.1, 0.15) is 22.6 Å². The van der Waals surface area contributed by atoms with Crippen molar-refractivity contribution in [1.29, 1.82) is 0 Å². The lowest BCUT2D eigenvalue weighted by Gasteiger charge is -2.15. The van der Waals surface area contributed by atoms with Gasteiger partial charge in [0, 0.05) is 12.1 Å². The molecule has 5 nitrogen and oxygen atoms in total. The second kappa shape index (κ2) is 11.3. The molecule has 0 spiro atoms. The fourth-order valence-electron chi connectivity index (χ4n) is 2.66. The fraction of sp³-hybridized carbons (Fsp3) is 0.174. The van der Waals surface area contributed by atoms with Gasteiger partial charge >= 0.3 is 6.18 Å². The fourth-order valence-corrected chi connectivity index (χ4v) is 4.95. The van der Waals surface area contributed by atoms with Crippen LogP contribution >= 0.6 is 0 Å². The first kappa shape index (κ1) is 24.9. The van der Waals surface area contributed by atoms with E-state index in [2.05, 4.69) is 48.5 Å². The minimum Gasteiger partial charge on any atom is -0.542 e. The molecule has 0 bridgehead atoms. The number of carbonyl (C=O) groups excluding carboxylic acids is 1. The quantitative estimate of drug-likeness (QED) is 0.512. The molecule has 0 aromatic heterocycles. The Kier molecular flexibility index (Phi) is 8.83. The summed E-state index contributed by atoms with van der Waals surface area (Å²) in [6, 6.07) is 24.6. The van der Waals surface area contributed by atoms with E-state index < -0.39 is 12.1 Å². The van der Waals surface area contributed by atoms with Crippen LogP contribution in [0.1, 0.15) is 0 Å². The molecule has 0 amide bonds. The number of rotatable bonds is 6. The molecule has 0 aliphatic heterocycles. The summed E-state index contributed by atoms with van der Waals surface area (Å²) in [6.07, 6.45) is -5.19. The van der Waals surface area contributed by atoms with Crippen LogP contribution in [0.4, 0.5) is 13.2 Å². The lowest BCUT2D eigenvalue weighted by molar-refractivity contribution is -0.344. The van der Waals surface area contributed by atoms with Crippen LogP contribution < -0.4 is 19.3 Å². The number of carboxylic acids is 1. The van der Waals surface area contributed by atoms with Crippen molar-refractivity contribution in [2.45, 2.75) is 20.9 Å². The number of alkyl halides is 3. The molecule has 9 heteroatoms. The monoisotopic (exact) mass is 466 g/mol. The second-order valence-corrected chi connectivity index (χ2v) is 8.04. The molecule has 32 heavy (non-hydrogen) atoms. The van der Waals surface area contributed by atoms with Gasteiger partial charge < -0.3 is 24.1 Å². The van der Waals surface area contributed by atoms with E-state index in [4.69, 9.17) is 24.1 Å². The molecule has 0 unspecified atom stereocenters. The summed E-state index contributed by atoms with van der Waals surface area (Å²) in [7, 11) is 4.64. The Balaban J connectivity index is 0.000000451. The van der Waals surface area contributed by atoms with Crippen molar-refractivity contribution in [2.24, 2.45) is 0 Å². The molecule has 0 heterocycles. The van der Waals surface area contributed by atoms with E-state index in [0.717, 1.165) is 16.4 Å². The smallest absolute Gasteiger partial charge is 0.430 e. The van der Waals surface area contributed by atoms with Gasteiger partial charge in [-0.2, -0.15) is 13.2 Å². The van der Waals surface area contributed by atoms with Gasteiger partial charge in [0.25, 0.3) is 0 Å². The number of hydrogen-bond donors (Lipinski definition) is 0. The number of hydrogen-bond acceptors (Lipinski definition) is 5. The van der Waals surface area contributed by atoms with Gasteiger partial charge in [-0.25, -0.2) is 0 Å². The van der Waals surface area contributed by atoms with Crippen LogP contribution in [0.5, 0.6) is 17.2 Å². The van der Waals surface area contributed by atoms with E-state index in [1.165, 1.54) is 9.79 Å². The standard InChI is InChI=1S/C21H21O3S.C2HF3O2/c1-22-16-14-19(23-2)21(20(15-16)24-3)25(17-10-6-4-7-11-17)18-12-8-5-9-13-18;3-2(4,5)1(6)7/h4-15H,1-3H3;(H,6,7)/q+1;/p-1. The van der Waals surface area contributed by atoms with Gasteiger partial charge in [0.2, 0.25) is 4.90 Å². The summed E-state index contributed by atoms with van der Waals surface area (Å²) in [4.78, 5) is 12.2. The van der Waals surface area contributed by atoms with Crippen molar-refractivity contribution in [1.82, 2.24) is 0 Å². The molecule has 0 saturated carbocycles. The molecule has 3 aromatic carbocycles. The minimum absolute atomic E-state index is 0.353. The summed E-state index contributed by atoms with van der Waals surface area (Å²) < 4.78 is 48.3. The molecule has 0 saturated heterocycles. The van der Waals surface area contributed by atoms with E-state index >= 15 is 0 Å². The normalized spacial score (nSPS) is 10.7. The van der Waals surface area contributed by atoms with Crippen molar-refractivity contribution in [3.63, 3.8) is 0 Å². The maximum atomic E-state index is 10.5. The average molecular weight is 466 g/mol. The van der Waals surface area contributed by atoms with Crippen LogP contribution in [0.3, 0.4) is 0 Å². The number of ether oxygens (including phenoxy) is 3. The van der Waals surface area contributed by atoms with Crippen molar-refractivity contribution >= 4 is 16.9 Å². The van der Waals surface area contributed by atoms with Gasteiger partial charge in [-0.3, -0.25) is 0 Å². The van der Waals surface area contributed by atoms with Crippen LogP contribution in [0.25, 0.3) is 0 Å². The summed E-state index contributed by atoms with van der Waals surface area (Å²) >= 11 is 0. The van der Waals surface area contributed by atoms with Gasteiger partial charge in [-0.05, 0) is 24.3 Å². The molecule has 0 aliphatic carbocycles. The zero-order chi connectivity index (χ0) is 23.7. The van der Waals surface area contributed by atoms with Crippen LogP contribution in [0.15, 0.2) is 87.5 Å². The van der Waals surface area contributed by atoms with E-state index in [-0.39, 0.29) is 10.9 Å². The summed E-state index contributed by atoms with van der Waals surface area (Å²) in [5, 5.41) is 8.78. The Morgan fingerprint density at radius 1 is 0.781 bits per heavy atom. The van der Waals surface area contributed by atoms with Crippen LogP contribution in [0.2, 0.25) is 0 Å². The predicted molar refractivity (Wildman–Crippen MR) is 112 cm³/mol. The summed E-state index contributed by atoms with van der Waals surface area (Å²) in [6.45, 7) is 0. The zero-order valence-electron chi connectivity index (χ0n) is 17.5. The van der Waals surface area contributed by atoms with Crippen molar-refractivity contribution in [2.75, 3.05) is 21.3 Å². The molecule has 3 aromatic rings. The summed E-state index contributed by atoms with van der Waals surface area (Å²) in [5.41, 5.74) is 0. The maximum Gasteiger partial charge on any atom is 0.430 e. The third kappa shape index (κ3) is 6.34. The summed E-state index contributed by atoms with van der Waals surface area (Å²) in [5.74, 6) is -0.783. The molecular formula is C23H21F3O5S. The zero-order valence-corrected chi connectivity index (χ0v) is 18.3. The van der Waals surface area contributed by atoms with E-state index in [0.29, 0.717) is 5.75 Å². The molecule has 0 fully saturated rings. The first-order valence-electron chi connectivity index (χ1n) is 9.15. The Labute approximate surface area is 186 Å². The SMILES string of the molecule is COc1cc(OC)c([S+](c2ccccc2)c2ccccc2)c(OC)c1.O=C([O-])C(F)(F)F. The highest BCUT2D eigenvalue weighted by Crippen LogP contribution is 2.44. The van der Waals surface area contributed by atoms with Gasteiger partial charge in [-0.1, -0.05) is 36.4 Å². The van der Waals surface area contributed by atoms with Crippen molar-refractivity contribution in [3.8, 4) is 17.2 Å². The van der Waals surface area contributed by atoms with E-state index in [9.17, 15) is 13.2 Å². The Morgan fingerprint density at radius 3 is 1.44 bits per heavy atom. The maximum absolute atomic E-state index is 10.5. The average Bonchev–Trinajstić information content (AvgIpc) is 2.80. The molecular weight excluding hydrogens is 445 g/mol. The predicted octanol–water partition coefficient (Wildman–Crippen LogP) is 4.11. The van der Waals surface area contributed by atoms with Gasteiger partial charge in [0.15, 0.2) is 21.3 Å². The first-order valence-corrected chi connectivity index (χ1v) is 10.4. The lowest BCUT2D eigenvalue weighted by atomic mass is 10.3. The molecule has 0 aliphatic rings. The largest absolute Gasteiger partial charge is 0.542 e. The molecule has 3 rings (SSSR count). The topological polar surface area (TPSA) is 67.8 Å². The number of halogens is 3. The Hall–Kier alpha value is -3.33. The van der Waals surface area contributed by atoms with E-state index in [1.54, 1.807) is 21.3 Å². The highest BCUT2D eigenvalue weighted by Gasteiger charge is 2.36. The molecule has 0 radical (unpaired) electrons. The van der Waals surface area contributed by atoms with Gasteiger partial charge in [-0.15, -0.1) is 0 Å². The minimum atomic E-state index is -5.19. The number of benzene rings is 3. The van der Waals surface area contributed by atoms with Crippen LogP contribution in [0, 0.1) is 0 Å². The third-order valence-corrected chi connectivity index (χ3v) is 6.36. The highest BCUT2D eigenvalue weighted by atomic mass is 32.2. The van der Waals surface area contributed by atoms with E-state index in [1.807, 2.05) is 24.3 Å². The molecule has 170 valence electrons.